The van der Waals surface area contributed by atoms with Gasteiger partial charge in [0.15, 0.2) is 5.65 Å². The first-order chi connectivity index (χ1) is 12.6. The monoisotopic (exact) mass is 351 g/mol. The molecule has 0 saturated carbocycles. The van der Waals surface area contributed by atoms with E-state index in [-0.39, 0.29) is 5.91 Å². The first-order valence-electron chi connectivity index (χ1n) is 8.97. The van der Waals surface area contributed by atoms with Crippen LogP contribution >= 0.6 is 0 Å². The topological polar surface area (TPSA) is 62.5 Å². The first-order valence-corrected chi connectivity index (χ1v) is 8.97. The third-order valence-electron chi connectivity index (χ3n) is 4.34. The number of amides is 1. The van der Waals surface area contributed by atoms with Crippen molar-refractivity contribution >= 4 is 17.4 Å². The Kier molecular flexibility index (Phi) is 5.51. The van der Waals surface area contributed by atoms with Crippen molar-refractivity contribution in [3.8, 4) is 11.3 Å². The molecule has 0 atom stereocenters. The quantitative estimate of drug-likeness (QED) is 0.709. The van der Waals surface area contributed by atoms with Crippen LogP contribution in [0.3, 0.4) is 0 Å². The maximum absolute atomic E-state index is 12.2. The normalized spacial score (nSPS) is 10.9. The summed E-state index contributed by atoms with van der Waals surface area (Å²) >= 11 is 0. The summed E-state index contributed by atoms with van der Waals surface area (Å²) in [5.74, 6) is 1.03. The molecule has 2 heterocycles. The molecule has 136 valence electrons. The molecule has 6 heteroatoms. The van der Waals surface area contributed by atoms with Gasteiger partial charge in [-0.15, -0.1) is 0 Å². The number of nitrogens with one attached hydrogen (secondary N) is 1. The zero-order valence-electron chi connectivity index (χ0n) is 15.6. The lowest BCUT2D eigenvalue weighted by atomic mass is 10.1. The SMILES string of the molecule is CCCN(C)C(=O)CCNc1c(-c2cccc(C)c2)nc2cnccn12. The molecule has 0 fully saturated rings. The number of aromatic nitrogens is 3. The Morgan fingerprint density at radius 2 is 2.19 bits per heavy atom. The average molecular weight is 351 g/mol. The van der Waals surface area contributed by atoms with Crippen LogP contribution in [0.4, 0.5) is 5.82 Å². The highest BCUT2D eigenvalue weighted by atomic mass is 16.2. The molecule has 6 nitrogen and oxygen atoms in total. The lowest BCUT2D eigenvalue weighted by molar-refractivity contribution is -0.129. The highest BCUT2D eigenvalue weighted by Crippen LogP contribution is 2.29. The number of benzene rings is 1. The number of aryl methyl sites for hydroxylation is 1. The molecular formula is C20H25N5O. The van der Waals surface area contributed by atoms with Gasteiger partial charge in [-0.1, -0.05) is 30.7 Å². The van der Waals surface area contributed by atoms with E-state index in [9.17, 15) is 4.79 Å². The number of fused-ring (bicyclic) bond motifs is 1. The molecule has 3 aromatic rings. The molecule has 0 radical (unpaired) electrons. The number of hydrogen-bond donors (Lipinski definition) is 1. The fourth-order valence-electron chi connectivity index (χ4n) is 3.01. The van der Waals surface area contributed by atoms with Crippen LogP contribution in [-0.4, -0.2) is 45.3 Å². The zero-order valence-corrected chi connectivity index (χ0v) is 15.6. The number of nitrogens with zero attached hydrogens (tertiary/aromatic N) is 4. The Bertz CT molecular complexity index is 902. The molecule has 0 unspecified atom stereocenters. The molecule has 0 aliphatic rings. The molecule has 0 bridgehead atoms. The van der Waals surface area contributed by atoms with Crippen molar-refractivity contribution < 1.29 is 4.79 Å². The van der Waals surface area contributed by atoms with Crippen molar-refractivity contribution in [1.82, 2.24) is 19.3 Å². The van der Waals surface area contributed by atoms with Crippen LogP contribution in [0.5, 0.6) is 0 Å². The minimum atomic E-state index is 0.145. The van der Waals surface area contributed by atoms with Crippen LogP contribution in [0.2, 0.25) is 0 Å². The molecule has 0 spiro atoms. The van der Waals surface area contributed by atoms with Gasteiger partial charge in [0.05, 0.1) is 6.20 Å². The van der Waals surface area contributed by atoms with Gasteiger partial charge in [-0.3, -0.25) is 14.2 Å². The molecule has 0 saturated heterocycles. The molecule has 1 aromatic carbocycles. The summed E-state index contributed by atoms with van der Waals surface area (Å²) in [6, 6.07) is 8.25. The lowest BCUT2D eigenvalue weighted by Crippen LogP contribution is -2.28. The first kappa shape index (κ1) is 17.9. The highest BCUT2D eigenvalue weighted by molar-refractivity contribution is 5.78. The maximum atomic E-state index is 12.2. The fraction of sp³-hybridized carbons (Fsp3) is 0.350. The van der Waals surface area contributed by atoms with Crippen LogP contribution < -0.4 is 5.32 Å². The predicted octanol–water partition coefficient (Wildman–Crippen LogP) is 3.38. The van der Waals surface area contributed by atoms with Crippen LogP contribution in [0.15, 0.2) is 42.9 Å². The van der Waals surface area contributed by atoms with E-state index in [1.54, 1.807) is 17.3 Å². The largest absolute Gasteiger partial charge is 0.369 e. The van der Waals surface area contributed by atoms with E-state index in [0.717, 1.165) is 35.7 Å². The van der Waals surface area contributed by atoms with E-state index in [1.807, 2.05) is 29.8 Å². The van der Waals surface area contributed by atoms with E-state index in [1.165, 1.54) is 5.56 Å². The van der Waals surface area contributed by atoms with Gasteiger partial charge in [-0.2, -0.15) is 0 Å². The summed E-state index contributed by atoms with van der Waals surface area (Å²) in [5, 5.41) is 3.41. The lowest BCUT2D eigenvalue weighted by Gasteiger charge is -2.16. The smallest absolute Gasteiger partial charge is 0.224 e. The summed E-state index contributed by atoms with van der Waals surface area (Å²) < 4.78 is 1.98. The van der Waals surface area contributed by atoms with Gasteiger partial charge >= 0.3 is 0 Å². The van der Waals surface area contributed by atoms with Crippen molar-refractivity contribution in [2.45, 2.75) is 26.7 Å². The standard InChI is InChI=1S/C20H25N5O/c1-4-11-24(3)18(26)8-9-22-20-19(16-7-5-6-15(2)13-16)23-17-14-21-10-12-25(17)20/h5-7,10,12-14,22H,4,8-9,11H2,1-3H3. The second kappa shape index (κ2) is 7.99. The predicted molar refractivity (Wildman–Crippen MR) is 104 cm³/mol. The van der Waals surface area contributed by atoms with Crippen LogP contribution in [-0.2, 0) is 4.79 Å². The number of carbonyl (C=O) groups is 1. The average Bonchev–Trinajstić information content (AvgIpc) is 3.01. The van der Waals surface area contributed by atoms with E-state index in [4.69, 9.17) is 4.98 Å². The van der Waals surface area contributed by atoms with E-state index < -0.39 is 0 Å². The second-order valence-electron chi connectivity index (χ2n) is 6.48. The number of imidazole rings is 1. The van der Waals surface area contributed by atoms with E-state index in [2.05, 4.69) is 36.3 Å². The summed E-state index contributed by atoms with van der Waals surface area (Å²) in [6.45, 7) is 5.48. The van der Waals surface area contributed by atoms with Crippen molar-refractivity contribution in [3.63, 3.8) is 0 Å². The third-order valence-corrected chi connectivity index (χ3v) is 4.34. The number of hydrogen-bond acceptors (Lipinski definition) is 4. The van der Waals surface area contributed by atoms with Gasteiger partial charge in [-0.05, 0) is 19.4 Å². The van der Waals surface area contributed by atoms with Gasteiger partial charge < -0.3 is 10.2 Å². The minimum absolute atomic E-state index is 0.145. The Morgan fingerprint density at radius 3 is 2.96 bits per heavy atom. The fourth-order valence-corrected chi connectivity index (χ4v) is 3.01. The summed E-state index contributed by atoms with van der Waals surface area (Å²) in [5.41, 5.74) is 3.88. The van der Waals surface area contributed by atoms with Crippen molar-refractivity contribution in [1.29, 1.82) is 0 Å². The number of rotatable bonds is 7. The molecule has 3 rings (SSSR count). The van der Waals surface area contributed by atoms with Gasteiger partial charge in [0, 0.05) is 44.5 Å². The van der Waals surface area contributed by atoms with Crippen molar-refractivity contribution in [2.24, 2.45) is 0 Å². The van der Waals surface area contributed by atoms with E-state index >= 15 is 0 Å². The Morgan fingerprint density at radius 1 is 1.35 bits per heavy atom. The molecule has 0 aliphatic heterocycles. The van der Waals surface area contributed by atoms with Gasteiger partial charge in [-0.25, -0.2) is 4.98 Å². The molecule has 1 amide bonds. The molecular weight excluding hydrogens is 326 g/mol. The maximum Gasteiger partial charge on any atom is 0.224 e. The van der Waals surface area contributed by atoms with Crippen LogP contribution in [0, 0.1) is 6.92 Å². The van der Waals surface area contributed by atoms with Crippen LogP contribution in [0.25, 0.3) is 16.9 Å². The zero-order chi connectivity index (χ0) is 18.5. The van der Waals surface area contributed by atoms with E-state index in [0.29, 0.717) is 13.0 Å². The highest BCUT2D eigenvalue weighted by Gasteiger charge is 2.15. The summed E-state index contributed by atoms with van der Waals surface area (Å²) in [6.07, 6.45) is 6.77. The molecule has 26 heavy (non-hydrogen) atoms. The Balaban J connectivity index is 1.85. The second-order valence-corrected chi connectivity index (χ2v) is 6.48. The van der Waals surface area contributed by atoms with Gasteiger partial charge in [0.2, 0.25) is 5.91 Å². The molecule has 2 aromatic heterocycles. The summed E-state index contributed by atoms with van der Waals surface area (Å²) in [7, 11) is 1.85. The summed E-state index contributed by atoms with van der Waals surface area (Å²) in [4.78, 5) is 22.8. The van der Waals surface area contributed by atoms with Gasteiger partial charge in [0.25, 0.3) is 0 Å². The van der Waals surface area contributed by atoms with Crippen molar-refractivity contribution in [3.05, 3.63) is 48.4 Å². The Hall–Kier alpha value is -2.89. The van der Waals surface area contributed by atoms with Crippen molar-refractivity contribution in [2.75, 3.05) is 25.5 Å². The van der Waals surface area contributed by atoms with Gasteiger partial charge in [0.1, 0.15) is 11.5 Å². The van der Waals surface area contributed by atoms with Crippen LogP contribution in [0.1, 0.15) is 25.3 Å². The number of anilines is 1. The molecule has 1 N–H and O–H groups in total. The number of carbonyl (C=O) groups excluding carboxylic acids is 1. The minimum Gasteiger partial charge on any atom is -0.369 e. The Labute approximate surface area is 153 Å². The third kappa shape index (κ3) is 3.85. The molecule has 0 aliphatic carbocycles.